The summed E-state index contributed by atoms with van der Waals surface area (Å²) in [6.45, 7) is 2.46. The summed E-state index contributed by atoms with van der Waals surface area (Å²) in [6.07, 6.45) is 6.81. The normalized spacial score (nSPS) is 27.4. The summed E-state index contributed by atoms with van der Waals surface area (Å²) in [5.41, 5.74) is 0.785. The van der Waals surface area contributed by atoms with Crippen LogP contribution in [0.5, 0.6) is 0 Å². The van der Waals surface area contributed by atoms with Crippen molar-refractivity contribution in [3.63, 3.8) is 0 Å². The van der Waals surface area contributed by atoms with E-state index in [4.69, 9.17) is 0 Å². The summed E-state index contributed by atoms with van der Waals surface area (Å²) < 4.78 is 0. The van der Waals surface area contributed by atoms with E-state index in [2.05, 4.69) is 10.2 Å². The maximum atomic E-state index is 12.8. The zero-order chi connectivity index (χ0) is 18.9. The van der Waals surface area contributed by atoms with E-state index in [0.29, 0.717) is 25.7 Å². The van der Waals surface area contributed by atoms with Crippen LogP contribution in [-0.2, 0) is 4.79 Å². The molecule has 146 valence electrons. The fraction of sp³-hybridized carbons (Fsp3) is 0.619. The monoisotopic (exact) mass is 370 g/mol. The van der Waals surface area contributed by atoms with Gasteiger partial charge in [-0.3, -0.25) is 9.69 Å². The van der Waals surface area contributed by atoms with Gasteiger partial charge in [0.2, 0.25) is 5.91 Å². The molecule has 0 unspecified atom stereocenters. The number of nitrogens with one attached hydrogen (secondary N) is 1. The van der Waals surface area contributed by atoms with Gasteiger partial charge in [0.1, 0.15) is 0 Å². The lowest BCUT2D eigenvalue weighted by atomic mass is 9.92. The summed E-state index contributed by atoms with van der Waals surface area (Å²) in [6, 6.07) is 10.3. The number of benzene rings is 1. The predicted octanol–water partition coefficient (Wildman–Crippen LogP) is 2.45. The van der Waals surface area contributed by atoms with Crippen molar-refractivity contribution in [1.29, 1.82) is 0 Å². The molecule has 6 nitrogen and oxygen atoms in total. The molecule has 27 heavy (non-hydrogen) atoms. The van der Waals surface area contributed by atoms with E-state index in [-0.39, 0.29) is 17.5 Å². The van der Waals surface area contributed by atoms with E-state index >= 15 is 0 Å². The highest BCUT2D eigenvalue weighted by Gasteiger charge is 2.48. The maximum absolute atomic E-state index is 12.8. The van der Waals surface area contributed by atoms with E-state index in [1.807, 2.05) is 47.2 Å². The Hall–Kier alpha value is -2.08. The lowest BCUT2D eigenvalue weighted by Gasteiger charge is -2.46. The van der Waals surface area contributed by atoms with Crippen LogP contribution >= 0.6 is 0 Å². The molecule has 1 aromatic rings. The van der Waals surface area contributed by atoms with Gasteiger partial charge >= 0.3 is 6.03 Å². The van der Waals surface area contributed by atoms with Crippen LogP contribution in [0.15, 0.2) is 30.3 Å². The summed E-state index contributed by atoms with van der Waals surface area (Å²) in [7, 11) is 2.02. The fourth-order valence-corrected chi connectivity index (χ4v) is 4.79. The number of rotatable bonds is 2. The van der Waals surface area contributed by atoms with E-state index in [0.717, 1.165) is 31.5 Å². The van der Waals surface area contributed by atoms with Crippen molar-refractivity contribution < 1.29 is 9.59 Å². The highest BCUT2D eigenvalue weighted by Crippen LogP contribution is 2.33. The average Bonchev–Trinajstić information content (AvgIpc) is 3.12. The molecule has 1 spiro atoms. The Kier molecular flexibility index (Phi) is 5.08. The van der Waals surface area contributed by atoms with Crippen LogP contribution in [0.25, 0.3) is 0 Å². The van der Waals surface area contributed by atoms with Crippen LogP contribution in [0.4, 0.5) is 10.5 Å². The fourth-order valence-electron chi connectivity index (χ4n) is 4.79. The van der Waals surface area contributed by atoms with Crippen molar-refractivity contribution in [2.45, 2.75) is 50.1 Å². The van der Waals surface area contributed by atoms with Crippen molar-refractivity contribution in [1.82, 2.24) is 15.1 Å². The standard InChI is InChI=1S/C21H30N4O2/c1-23-14-19(26)25(18-10-6-3-7-11-18)16-21(23)12-13-24(15-21)20(27)22-17-8-4-2-5-9-17/h3,6-7,10-11,17H,2,4-5,8-9,12-16H2,1H3,(H,22,27)/t21-/m1/s1. The van der Waals surface area contributed by atoms with Gasteiger partial charge in [-0.05, 0) is 38.4 Å². The molecule has 2 saturated heterocycles. The third kappa shape index (κ3) is 3.68. The Bertz CT molecular complexity index is 689. The number of para-hydroxylation sites is 1. The number of anilines is 1. The van der Waals surface area contributed by atoms with Gasteiger partial charge in [0.05, 0.1) is 12.1 Å². The first-order valence-electron chi connectivity index (χ1n) is 10.2. The molecule has 3 aliphatic rings. The van der Waals surface area contributed by atoms with Crippen molar-refractivity contribution in [2.75, 3.05) is 38.1 Å². The number of piperazine rings is 1. The highest BCUT2D eigenvalue weighted by atomic mass is 16.2. The van der Waals surface area contributed by atoms with Gasteiger partial charge in [0, 0.05) is 31.4 Å². The minimum Gasteiger partial charge on any atom is -0.335 e. The lowest BCUT2D eigenvalue weighted by molar-refractivity contribution is -0.123. The van der Waals surface area contributed by atoms with E-state index in [1.165, 1.54) is 19.3 Å². The SMILES string of the molecule is CN1CC(=O)N(c2ccccc2)C[C@]12CCN(C(=O)NC1CCCCC1)C2. The number of urea groups is 1. The molecule has 4 rings (SSSR count). The molecular weight excluding hydrogens is 340 g/mol. The van der Waals surface area contributed by atoms with Crippen molar-refractivity contribution >= 4 is 17.6 Å². The van der Waals surface area contributed by atoms with Crippen LogP contribution in [0.1, 0.15) is 38.5 Å². The zero-order valence-electron chi connectivity index (χ0n) is 16.2. The predicted molar refractivity (Wildman–Crippen MR) is 106 cm³/mol. The number of hydrogen-bond donors (Lipinski definition) is 1. The first-order valence-corrected chi connectivity index (χ1v) is 10.2. The molecule has 2 heterocycles. The van der Waals surface area contributed by atoms with Gasteiger partial charge in [0.25, 0.3) is 0 Å². The van der Waals surface area contributed by atoms with E-state index in [1.54, 1.807) is 0 Å². The van der Waals surface area contributed by atoms with Crippen LogP contribution in [0.3, 0.4) is 0 Å². The minimum atomic E-state index is -0.159. The smallest absolute Gasteiger partial charge is 0.317 e. The van der Waals surface area contributed by atoms with Crippen LogP contribution in [0, 0.1) is 0 Å². The number of nitrogens with zero attached hydrogens (tertiary/aromatic N) is 3. The Morgan fingerprint density at radius 1 is 1.11 bits per heavy atom. The molecule has 3 amide bonds. The highest BCUT2D eigenvalue weighted by molar-refractivity contribution is 5.96. The summed E-state index contributed by atoms with van der Waals surface area (Å²) >= 11 is 0. The molecule has 1 saturated carbocycles. The number of carbonyl (C=O) groups is 2. The third-order valence-corrected chi connectivity index (χ3v) is 6.56. The molecule has 0 radical (unpaired) electrons. The molecule has 3 fully saturated rings. The second kappa shape index (κ2) is 7.50. The van der Waals surface area contributed by atoms with Gasteiger partial charge in [0.15, 0.2) is 0 Å². The summed E-state index contributed by atoms with van der Waals surface area (Å²) in [5, 5.41) is 3.24. The number of carbonyl (C=O) groups excluding carboxylic acids is 2. The first kappa shape index (κ1) is 18.3. The van der Waals surface area contributed by atoms with Crippen LogP contribution < -0.4 is 10.2 Å². The summed E-state index contributed by atoms with van der Waals surface area (Å²) in [5.74, 6) is 0.124. The Labute approximate surface area is 161 Å². The molecule has 1 aliphatic carbocycles. The van der Waals surface area contributed by atoms with E-state index < -0.39 is 0 Å². The molecule has 1 atom stereocenters. The van der Waals surface area contributed by atoms with Crippen LogP contribution in [0.2, 0.25) is 0 Å². The molecule has 0 aromatic heterocycles. The number of likely N-dealkylation sites (N-methyl/N-ethyl adjacent to an activating group) is 1. The van der Waals surface area contributed by atoms with Gasteiger partial charge in [-0.2, -0.15) is 0 Å². The average molecular weight is 370 g/mol. The third-order valence-electron chi connectivity index (χ3n) is 6.56. The first-order chi connectivity index (χ1) is 13.1. The Balaban J connectivity index is 1.44. The minimum absolute atomic E-state index is 0.0651. The molecule has 6 heteroatoms. The number of hydrogen-bond acceptors (Lipinski definition) is 3. The molecule has 2 aliphatic heterocycles. The molecule has 0 bridgehead atoms. The largest absolute Gasteiger partial charge is 0.335 e. The Morgan fingerprint density at radius 3 is 2.59 bits per heavy atom. The van der Waals surface area contributed by atoms with Gasteiger partial charge in [-0.25, -0.2) is 4.79 Å². The maximum Gasteiger partial charge on any atom is 0.317 e. The van der Waals surface area contributed by atoms with Gasteiger partial charge < -0.3 is 15.1 Å². The second-order valence-electron chi connectivity index (χ2n) is 8.35. The van der Waals surface area contributed by atoms with E-state index in [9.17, 15) is 9.59 Å². The number of amides is 3. The molecule has 1 N–H and O–H groups in total. The molecular formula is C21H30N4O2. The zero-order valence-corrected chi connectivity index (χ0v) is 16.2. The topological polar surface area (TPSA) is 55.9 Å². The second-order valence-corrected chi connectivity index (χ2v) is 8.35. The molecule has 1 aromatic carbocycles. The number of likely N-dealkylation sites (tertiary alicyclic amines) is 1. The van der Waals surface area contributed by atoms with Crippen molar-refractivity contribution in [3.05, 3.63) is 30.3 Å². The quantitative estimate of drug-likeness (QED) is 0.870. The van der Waals surface area contributed by atoms with Gasteiger partial charge in [-0.15, -0.1) is 0 Å². The Morgan fingerprint density at radius 2 is 1.85 bits per heavy atom. The summed E-state index contributed by atoms with van der Waals surface area (Å²) in [4.78, 5) is 31.4. The van der Waals surface area contributed by atoms with Crippen LogP contribution in [-0.4, -0.2) is 66.5 Å². The van der Waals surface area contributed by atoms with Gasteiger partial charge in [-0.1, -0.05) is 37.5 Å². The van der Waals surface area contributed by atoms with Crippen molar-refractivity contribution in [2.24, 2.45) is 0 Å². The lowest BCUT2D eigenvalue weighted by Crippen LogP contribution is -2.64. The van der Waals surface area contributed by atoms with Crippen molar-refractivity contribution in [3.8, 4) is 0 Å².